The van der Waals surface area contributed by atoms with Crippen molar-refractivity contribution in [2.75, 3.05) is 18.2 Å². The van der Waals surface area contributed by atoms with Crippen molar-refractivity contribution in [1.29, 1.82) is 0 Å². The predicted molar refractivity (Wildman–Crippen MR) is 95.4 cm³/mol. The summed E-state index contributed by atoms with van der Waals surface area (Å²) in [6.45, 7) is 0. The Kier molecular flexibility index (Phi) is 5.23. The van der Waals surface area contributed by atoms with Crippen LogP contribution in [0.15, 0.2) is 47.4 Å². The van der Waals surface area contributed by atoms with Crippen molar-refractivity contribution in [3.63, 3.8) is 0 Å². The first-order valence-corrected chi connectivity index (χ1v) is 8.92. The maximum absolute atomic E-state index is 12.2. The molecule has 4 heteroatoms. The highest BCUT2D eigenvalue weighted by Crippen LogP contribution is 2.28. The van der Waals surface area contributed by atoms with E-state index in [-0.39, 0.29) is 5.91 Å². The smallest absolute Gasteiger partial charge is 0.234 e. The van der Waals surface area contributed by atoms with Crippen molar-refractivity contribution in [1.82, 2.24) is 0 Å². The summed E-state index contributed by atoms with van der Waals surface area (Å²) in [5, 5.41) is 3.08. The van der Waals surface area contributed by atoms with Crippen LogP contribution in [0.5, 0.6) is 5.75 Å². The monoisotopic (exact) mass is 327 g/mol. The van der Waals surface area contributed by atoms with Gasteiger partial charge < -0.3 is 10.1 Å². The molecule has 0 aromatic heterocycles. The lowest BCUT2D eigenvalue weighted by Crippen LogP contribution is -2.17. The molecule has 1 aliphatic rings. The highest BCUT2D eigenvalue weighted by Gasteiger charge is 2.14. The second-order valence-corrected chi connectivity index (χ2v) is 6.71. The maximum Gasteiger partial charge on any atom is 0.234 e. The number of methoxy groups -OCH3 is 1. The molecule has 0 heterocycles. The fourth-order valence-electron chi connectivity index (χ4n) is 2.91. The number of carbonyl (C=O) groups is 1. The van der Waals surface area contributed by atoms with Gasteiger partial charge in [0.05, 0.1) is 12.9 Å². The second kappa shape index (κ2) is 7.55. The van der Waals surface area contributed by atoms with Crippen LogP contribution in [0.25, 0.3) is 0 Å². The van der Waals surface area contributed by atoms with E-state index in [0.717, 1.165) is 29.2 Å². The molecule has 2 aromatic rings. The van der Waals surface area contributed by atoms with Gasteiger partial charge in [0, 0.05) is 10.6 Å². The molecule has 3 rings (SSSR count). The third-order valence-corrected chi connectivity index (χ3v) is 5.11. The van der Waals surface area contributed by atoms with Gasteiger partial charge in [0.1, 0.15) is 5.75 Å². The number of ether oxygens (including phenoxy) is 1. The number of hydrogen-bond acceptors (Lipinski definition) is 3. The van der Waals surface area contributed by atoms with Crippen molar-refractivity contribution < 1.29 is 9.53 Å². The minimum Gasteiger partial charge on any atom is -0.497 e. The minimum atomic E-state index is 0.0461. The number of fused-ring (bicyclic) bond motifs is 1. The van der Waals surface area contributed by atoms with E-state index >= 15 is 0 Å². The Hall–Kier alpha value is -1.94. The Morgan fingerprint density at radius 1 is 1.13 bits per heavy atom. The molecule has 0 radical (unpaired) electrons. The molecule has 0 aliphatic heterocycles. The largest absolute Gasteiger partial charge is 0.497 e. The number of nitrogens with one attached hydrogen (secondary N) is 1. The number of amides is 1. The fraction of sp³-hybridized carbons (Fsp3) is 0.316. The second-order valence-electron chi connectivity index (χ2n) is 5.66. The summed E-state index contributed by atoms with van der Waals surface area (Å²) < 4.78 is 5.14. The lowest BCUT2D eigenvalue weighted by molar-refractivity contribution is -0.113. The topological polar surface area (TPSA) is 38.3 Å². The minimum absolute atomic E-state index is 0.0461. The zero-order valence-electron chi connectivity index (χ0n) is 13.3. The summed E-state index contributed by atoms with van der Waals surface area (Å²) in [6, 6.07) is 14.0. The van der Waals surface area contributed by atoms with Gasteiger partial charge in [0.2, 0.25) is 5.91 Å². The van der Waals surface area contributed by atoms with Crippen molar-refractivity contribution in [3.05, 3.63) is 53.6 Å². The van der Waals surface area contributed by atoms with Gasteiger partial charge in [-0.2, -0.15) is 0 Å². The van der Waals surface area contributed by atoms with Crippen molar-refractivity contribution in [3.8, 4) is 5.75 Å². The zero-order valence-corrected chi connectivity index (χ0v) is 14.1. The number of anilines is 1. The maximum atomic E-state index is 12.2. The first kappa shape index (κ1) is 15.9. The van der Waals surface area contributed by atoms with E-state index in [1.54, 1.807) is 7.11 Å². The van der Waals surface area contributed by atoms with Crippen molar-refractivity contribution in [2.24, 2.45) is 0 Å². The molecule has 0 unspecified atom stereocenters. The molecule has 2 aromatic carbocycles. The van der Waals surface area contributed by atoms with Gasteiger partial charge in [0.15, 0.2) is 0 Å². The van der Waals surface area contributed by atoms with E-state index in [2.05, 4.69) is 11.4 Å². The van der Waals surface area contributed by atoms with Crippen LogP contribution in [0.2, 0.25) is 0 Å². The summed E-state index contributed by atoms with van der Waals surface area (Å²) in [7, 11) is 1.65. The molecular weight excluding hydrogens is 306 g/mol. The van der Waals surface area contributed by atoms with Crippen LogP contribution in [-0.2, 0) is 17.6 Å². The summed E-state index contributed by atoms with van der Waals surface area (Å²) in [5.74, 6) is 1.29. The fourth-order valence-corrected chi connectivity index (χ4v) is 3.60. The molecule has 0 fully saturated rings. The summed E-state index contributed by atoms with van der Waals surface area (Å²) in [4.78, 5) is 13.3. The Bertz CT molecular complexity index is 682. The Morgan fingerprint density at radius 2 is 1.91 bits per heavy atom. The Balaban J connectivity index is 1.59. The number of rotatable bonds is 5. The Morgan fingerprint density at radius 3 is 2.70 bits per heavy atom. The number of thioether (sulfide) groups is 1. The van der Waals surface area contributed by atoms with Gasteiger partial charge in [-0.25, -0.2) is 0 Å². The normalized spacial score (nSPS) is 13.3. The summed E-state index contributed by atoms with van der Waals surface area (Å²) >= 11 is 1.54. The first-order chi connectivity index (χ1) is 11.3. The van der Waals surface area contributed by atoms with E-state index in [1.807, 2.05) is 36.4 Å². The Labute approximate surface area is 141 Å². The average molecular weight is 327 g/mol. The number of carbonyl (C=O) groups excluding carboxylic acids is 1. The molecule has 120 valence electrons. The number of aryl methyl sites for hydroxylation is 1. The van der Waals surface area contributed by atoms with Crippen LogP contribution >= 0.6 is 11.8 Å². The molecule has 23 heavy (non-hydrogen) atoms. The van der Waals surface area contributed by atoms with Crippen LogP contribution in [0.3, 0.4) is 0 Å². The first-order valence-electron chi connectivity index (χ1n) is 7.94. The molecule has 0 spiro atoms. The van der Waals surface area contributed by atoms with Crippen molar-refractivity contribution in [2.45, 2.75) is 30.6 Å². The van der Waals surface area contributed by atoms with Gasteiger partial charge in [-0.15, -0.1) is 11.8 Å². The molecule has 0 bridgehead atoms. The van der Waals surface area contributed by atoms with E-state index < -0.39 is 0 Å². The molecule has 1 N–H and O–H groups in total. The summed E-state index contributed by atoms with van der Waals surface area (Å²) in [5.41, 5.74) is 3.70. The van der Waals surface area contributed by atoms with E-state index in [0.29, 0.717) is 5.75 Å². The highest BCUT2D eigenvalue weighted by atomic mass is 32.2. The van der Waals surface area contributed by atoms with E-state index in [1.165, 1.54) is 35.7 Å². The van der Waals surface area contributed by atoms with Crippen LogP contribution in [0.1, 0.15) is 24.0 Å². The highest BCUT2D eigenvalue weighted by molar-refractivity contribution is 8.00. The van der Waals surface area contributed by atoms with Gasteiger partial charge in [-0.05, 0) is 67.1 Å². The molecule has 0 saturated carbocycles. The van der Waals surface area contributed by atoms with Crippen LogP contribution in [-0.4, -0.2) is 18.8 Å². The number of hydrogen-bond donors (Lipinski definition) is 1. The quantitative estimate of drug-likeness (QED) is 0.832. The van der Waals surface area contributed by atoms with Gasteiger partial charge >= 0.3 is 0 Å². The third kappa shape index (κ3) is 4.08. The van der Waals surface area contributed by atoms with E-state index in [4.69, 9.17) is 4.74 Å². The zero-order chi connectivity index (χ0) is 16.1. The lowest BCUT2D eigenvalue weighted by Gasteiger charge is -2.19. The molecule has 3 nitrogen and oxygen atoms in total. The predicted octanol–water partition coefficient (Wildman–Crippen LogP) is 4.30. The van der Waals surface area contributed by atoms with E-state index in [9.17, 15) is 4.79 Å². The molecule has 0 atom stereocenters. The third-order valence-electron chi connectivity index (χ3n) is 4.10. The average Bonchev–Trinajstić information content (AvgIpc) is 2.61. The molecule has 1 aliphatic carbocycles. The van der Waals surface area contributed by atoms with Gasteiger partial charge in [0.25, 0.3) is 0 Å². The van der Waals surface area contributed by atoms with Crippen molar-refractivity contribution >= 4 is 23.4 Å². The molecule has 1 amide bonds. The van der Waals surface area contributed by atoms with Crippen LogP contribution in [0, 0.1) is 0 Å². The SMILES string of the molecule is COc1ccc(SCC(=O)Nc2cccc3c2CCCC3)cc1. The molecule has 0 saturated heterocycles. The van der Waals surface area contributed by atoms with Crippen LogP contribution < -0.4 is 10.1 Å². The van der Waals surface area contributed by atoms with Gasteiger partial charge in [-0.1, -0.05) is 12.1 Å². The summed E-state index contributed by atoms with van der Waals surface area (Å²) in [6.07, 6.45) is 4.65. The standard InChI is InChI=1S/C19H21NO2S/c1-22-15-9-11-16(12-10-15)23-13-19(21)20-18-8-4-6-14-5-2-3-7-17(14)18/h4,6,8-12H,2-3,5,7,13H2,1H3,(H,20,21). The lowest BCUT2D eigenvalue weighted by atomic mass is 9.90. The molecular formula is C19H21NO2S. The number of benzene rings is 2. The van der Waals surface area contributed by atoms with Gasteiger partial charge in [-0.3, -0.25) is 4.79 Å². The van der Waals surface area contributed by atoms with Crippen LogP contribution in [0.4, 0.5) is 5.69 Å².